The molecule has 4 heteroatoms. The van der Waals surface area contributed by atoms with Gasteiger partial charge < -0.3 is 9.47 Å². The van der Waals surface area contributed by atoms with Gasteiger partial charge in [0, 0.05) is 5.38 Å². The predicted molar refractivity (Wildman–Crippen MR) is 109 cm³/mol. The Morgan fingerprint density at radius 1 is 0.692 bits per heavy atom. The molecule has 26 heavy (non-hydrogen) atoms. The van der Waals surface area contributed by atoms with E-state index in [2.05, 4.69) is 41.1 Å². The van der Waals surface area contributed by atoms with Gasteiger partial charge in [-0.3, -0.25) is 0 Å². The van der Waals surface area contributed by atoms with E-state index in [4.69, 9.17) is 9.47 Å². The molecule has 0 aliphatic rings. The summed E-state index contributed by atoms with van der Waals surface area (Å²) in [5, 5.41) is 4.12. The highest BCUT2D eigenvalue weighted by Gasteiger charge is 2.12. The van der Waals surface area contributed by atoms with Crippen molar-refractivity contribution >= 4 is 22.7 Å². The SMILES string of the molecule is c1ccc(COc2csc(-c3sccc3OCc3ccccc3)c2)cc1. The second-order valence-corrected chi connectivity index (χ2v) is 7.64. The molecule has 4 aromatic rings. The van der Waals surface area contributed by atoms with Crippen molar-refractivity contribution in [3.05, 3.63) is 94.7 Å². The van der Waals surface area contributed by atoms with E-state index in [-0.39, 0.29) is 0 Å². The van der Waals surface area contributed by atoms with Gasteiger partial charge in [-0.1, -0.05) is 60.7 Å². The van der Waals surface area contributed by atoms with Crippen molar-refractivity contribution in [2.24, 2.45) is 0 Å². The molecule has 0 fully saturated rings. The molecule has 2 nitrogen and oxygen atoms in total. The first kappa shape index (κ1) is 16.9. The Hall–Kier alpha value is -2.56. The zero-order chi connectivity index (χ0) is 17.6. The first-order chi connectivity index (χ1) is 12.9. The van der Waals surface area contributed by atoms with Crippen LogP contribution in [-0.4, -0.2) is 0 Å². The summed E-state index contributed by atoms with van der Waals surface area (Å²) in [4.78, 5) is 2.33. The maximum atomic E-state index is 6.03. The van der Waals surface area contributed by atoms with Gasteiger partial charge in [0.1, 0.15) is 24.7 Å². The van der Waals surface area contributed by atoms with Gasteiger partial charge >= 0.3 is 0 Å². The molecule has 0 radical (unpaired) electrons. The Balaban J connectivity index is 1.42. The minimum Gasteiger partial charge on any atom is -0.488 e. The van der Waals surface area contributed by atoms with Crippen molar-refractivity contribution in [2.45, 2.75) is 13.2 Å². The highest BCUT2D eigenvalue weighted by molar-refractivity contribution is 7.20. The van der Waals surface area contributed by atoms with Crippen molar-refractivity contribution < 1.29 is 9.47 Å². The number of ether oxygens (including phenoxy) is 2. The van der Waals surface area contributed by atoms with Crippen LogP contribution in [0, 0.1) is 0 Å². The summed E-state index contributed by atoms with van der Waals surface area (Å²) in [7, 11) is 0. The molecule has 2 aromatic carbocycles. The van der Waals surface area contributed by atoms with E-state index in [0.29, 0.717) is 13.2 Å². The van der Waals surface area contributed by atoms with Gasteiger partial charge in [0.25, 0.3) is 0 Å². The Bertz CT molecular complexity index is 942. The largest absolute Gasteiger partial charge is 0.488 e. The minimum atomic E-state index is 0.577. The lowest BCUT2D eigenvalue weighted by molar-refractivity contribution is 0.307. The lowest BCUT2D eigenvalue weighted by Gasteiger charge is -2.06. The van der Waals surface area contributed by atoms with E-state index in [1.807, 2.05) is 42.5 Å². The maximum absolute atomic E-state index is 6.03. The van der Waals surface area contributed by atoms with Crippen LogP contribution in [0.4, 0.5) is 0 Å². The number of thiophene rings is 2. The molecule has 130 valence electrons. The molecule has 0 aliphatic carbocycles. The van der Waals surface area contributed by atoms with Crippen molar-refractivity contribution in [2.75, 3.05) is 0 Å². The summed E-state index contributed by atoms with van der Waals surface area (Å²) in [6.45, 7) is 1.16. The molecule has 2 aromatic heterocycles. The number of hydrogen-bond acceptors (Lipinski definition) is 4. The molecule has 0 aliphatic heterocycles. The lowest BCUT2D eigenvalue weighted by atomic mass is 10.2. The van der Waals surface area contributed by atoms with Crippen LogP contribution in [0.5, 0.6) is 11.5 Å². The average molecular weight is 379 g/mol. The van der Waals surface area contributed by atoms with Crippen LogP contribution in [-0.2, 0) is 13.2 Å². The number of hydrogen-bond donors (Lipinski definition) is 0. The average Bonchev–Trinajstić information content (AvgIpc) is 3.35. The van der Waals surface area contributed by atoms with Crippen LogP contribution in [0.15, 0.2) is 83.6 Å². The third-order valence-corrected chi connectivity index (χ3v) is 5.90. The van der Waals surface area contributed by atoms with E-state index in [9.17, 15) is 0 Å². The molecule has 0 atom stereocenters. The molecular formula is C22H18O2S2. The molecule has 0 bridgehead atoms. The summed E-state index contributed by atoms with van der Waals surface area (Å²) in [6, 6.07) is 24.6. The quantitative estimate of drug-likeness (QED) is 0.359. The molecule has 0 amide bonds. The predicted octanol–water partition coefficient (Wildman–Crippen LogP) is 6.63. The van der Waals surface area contributed by atoms with E-state index < -0.39 is 0 Å². The van der Waals surface area contributed by atoms with E-state index in [1.165, 1.54) is 16.0 Å². The second-order valence-electron chi connectivity index (χ2n) is 5.81. The lowest BCUT2D eigenvalue weighted by Crippen LogP contribution is -1.94. The van der Waals surface area contributed by atoms with Gasteiger partial charge in [-0.2, -0.15) is 0 Å². The fourth-order valence-corrected chi connectivity index (χ4v) is 4.39. The molecular weight excluding hydrogens is 360 g/mol. The van der Waals surface area contributed by atoms with Gasteiger partial charge in [0.2, 0.25) is 0 Å². The van der Waals surface area contributed by atoms with E-state index in [1.54, 1.807) is 22.7 Å². The first-order valence-electron chi connectivity index (χ1n) is 8.38. The van der Waals surface area contributed by atoms with E-state index >= 15 is 0 Å². The Morgan fingerprint density at radius 3 is 2.04 bits per heavy atom. The molecule has 0 saturated heterocycles. The number of benzene rings is 2. The first-order valence-corrected chi connectivity index (χ1v) is 10.1. The topological polar surface area (TPSA) is 18.5 Å². The number of rotatable bonds is 7. The Kier molecular flexibility index (Phi) is 5.33. The van der Waals surface area contributed by atoms with Crippen molar-refractivity contribution in [3.63, 3.8) is 0 Å². The summed E-state index contributed by atoms with van der Waals surface area (Å²) in [5.74, 6) is 1.83. The van der Waals surface area contributed by atoms with Crippen LogP contribution in [0.2, 0.25) is 0 Å². The standard InChI is InChI=1S/C22H18O2S2/c1-3-7-17(8-4-1)14-23-19-13-21(26-16-19)22-20(11-12-25-22)24-15-18-9-5-2-6-10-18/h1-13,16H,14-15H2. The molecule has 0 saturated carbocycles. The van der Waals surface area contributed by atoms with Crippen LogP contribution in [0.3, 0.4) is 0 Å². The van der Waals surface area contributed by atoms with Crippen LogP contribution < -0.4 is 9.47 Å². The third-order valence-electron chi connectivity index (χ3n) is 3.91. The maximum Gasteiger partial charge on any atom is 0.139 e. The molecule has 0 N–H and O–H groups in total. The fraction of sp³-hybridized carbons (Fsp3) is 0.0909. The van der Waals surface area contributed by atoms with Crippen molar-refractivity contribution in [3.8, 4) is 21.3 Å². The minimum absolute atomic E-state index is 0.577. The van der Waals surface area contributed by atoms with Gasteiger partial charge in [-0.05, 0) is 28.6 Å². The molecule has 0 spiro atoms. The molecule has 4 rings (SSSR count). The van der Waals surface area contributed by atoms with Crippen LogP contribution in [0.25, 0.3) is 9.75 Å². The highest BCUT2D eigenvalue weighted by Crippen LogP contribution is 2.41. The Morgan fingerprint density at radius 2 is 1.35 bits per heavy atom. The molecule has 0 unspecified atom stereocenters. The third kappa shape index (κ3) is 4.15. The fourth-order valence-electron chi connectivity index (χ4n) is 2.58. The van der Waals surface area contributed by atoms with Crippen LogP contribution >= 0.6 is 22.7 Å². The summed E-state index contributed by atoms with van der Waals surface area (Å²) >= 11 is 3.38. The summed E-state index contributed by atoms with van der Waals surface area (Å²) < 4.78 is 11.9. The summed E-state index contributed by atoms with van der Waals surface area (Å²) in [5.41, 5.74) is 2.34. The van der Waals surface area contributed by atoms with Gasteiger partial charge in [-0.15, -0.1) is 22.7 Å². The second kappa shape index (κ2) is 8.21. The normalized spacial score (nSPS) is 10.6. The smallest absolute Gasteiger partial charge is 0.139 e. The monoisotopic (exact) mass is 378 g/mol. The molecule has 2 heterocycles. The van der Waals surface area contributed by atoms with Crippen LogP contribution in [0.1, 0.15) is 11.1 Å². The van der Waals surface area contributed by atoms with E-state index in [0.717, 1.165) is 16.4 Å². The Labute approximate surface area is 161 Å². The van der Waals surface area contributed by atoms with Gasteiger partial charge in [0.05, 0.1) is 9.75 Å². The summed E-state index contributed by atoms with van der Waals surface area (Å²) in [6.07, 6.45) is 0. The zero-order valence-corrected chi connectivity index (χ0v) is 15.8. The van der Waals surface area contributed by atoms with Gasteiger partial charge in [-0.25, -0.2) is 0 Å². The van der Waals surface area contributed by atoms with Crippen molar-refractivity contribution in [1.82, 2.24) is 0 Å². The highest BCUT2D eigenvalue weighted by atomic mass is 32.1. The zero-order valence-electron chi connectivity index (χ0n) is 14.1. The van der Waals surface area contributed by atoms with Gasteiger partial charge in [0.15, 0.2) is 0 Å². The van der Waals surface area contributed by atoms with Crippen molar-refractivity contribution in [1.29, 1.82) is 0 Å².